The third kappa shape index (κ3) is 2.54. The minimum atomic E-state index is -0.759. The van der Waals surface area contributed by atoms with Gasteiger partial charge in [-0.05, 0) is 25.7 Å². The van der Waals surface area contributed by atoms with E-state index in [1.807, 2.05) is 0 Å². The van der Waals surface area contributed by atoms with Crippen LogP contribution in [-0.2, 0) is 10.8 Å². The maximum Gasteiger partial charge on any atom is 0.319 e. The Morgan fingerprint density at radius 3 is 2.48 bits per heavy atom. The van der Waals surface area contributed by atoms with Gasteiger partial charge in [-0.3, -0.25) is 9.00 Å². The first-order chi connectivity index (χ1) is 10.1. The zero-order valence-electron chi connectivity index (χ0n) is 12.1. The van der Waals surface area contributed by atoms with Gasteiger partial charge in [0.2, 0.25) is 5.88 Å². The maximum absolute atomic E-state index is 12.7. The van der Waals surface area contributed by atoms with E-state index in [2.05, 4.69) is 9.97 Å². The molecule has 2 atom stereocenters. The van der Waals surface area contributed by atoms with Crippen LogP contribution in [0, 0.1) is 5.92 Å². The number of carbonyl (C=O) groups is 1. The van der Waals surface area contributed by atoms with E-state index in [1.165, 1.54) is 20.4 Å². The number of aromatic nitrogens is 2. The quantitative estimate of drug-likeness (QED) is 0.782. The number of fused-ring (bicyclic) bond motifs is 2. The lowest BCUT2D eigenvalue weighted by atomic mass is 9.91. The Bertz CT molecular complexity index is 576. The van der Waals surface area contributed by atoms with Gasteiger partial charge >= 0.3 is 6.01 Å². The van der Waals surface area contributed by atoms with Gasteiger partial charge in [-0.2, -0.15) is 4.98 Å². The Hall–Kier alpha value is -1.50. The molecule has 2 fully saturated rings. The van der Waals surface area contributed by atoms with Crippen LogP contribution in [0.2, 0.25) is 0 Å². The molecule has 2 unspecified atom stereocenters. The highest BCUT2D eigenvalue weighted by molar-refractivity contribution is 7.86. The highest BCUT2D eigenvalue weighted by Gasteiger charge is 2.43. The molecule has 0 amide bonds. The minimum Gasteiger partial charge on any atom is -0.480 e. The second-order valence-electron chi connectivity index (χ2n) is 5.46. The van der Waals surface area contributed by atoms with Crippen molar-refractivity contribution in [3.05, 3.63) is 11.8 Å². The number of methoxy groups -OCH3 is 2. The van der Waals surface area contributed by atoms with Crippen LogP contribution < -0.4 is 9.47 Å². The van der Waals surface area contributed by atoms with Crippen LogP contribution in [0.3, 0.4) is 0 Å². The van der Waals surface area contributed by atoms with Crippen LogP contribution in [0.1, 0.15) is 36.0 Å². The SMILES string of the molecule is COc1ncc(C(=O)C2CC3CCC(C2)S3=O)c(OC)n1. The first kappa shape index (κ1) is 14.4. The fourth-order valence-electron chi connectivity index (χ4n) is 3.24. The van der Waals surface area contributed by atoms with Crippen LogP contribution >= 0.6 is 0 Å². The maximum atomic E-state index is 12.7. The Balaban J connectivity index is 1.84. The monoisotopic (exact) mass is 310 g/mol. The van der Waals surface area contributed by atoms with Crippen molar-refractivity contribution in [3.8, 4) is 11.9 Å². The molecule has 0 radical (unpaired) electrons. The average Bonchev–Trinajstić information content (AvgIpc) is 2.75. The van der Waals surface area contributed by atoms with Crippen LogP contribution in [0.15, 0.2) is 6.20 Å². The second-order valence-corrected chi connectivity index (χ2v) is 7.45. The molecule has 0 saturated carbocycles. The van der Waals surface area contributed by atoms with Gasteiger partial charge in [0.25, 0.3) is 0 Å². The van der Waals surface area contributed by atoms with Crippen molar-refractivity contribution in [1.82, 2.24) is 9.97 Å². The molecule has 0 N–H and O–H groups in total. The molecular formula is C14H18N2O4S. The van der Waals surface area contributed by atoms with Gasteiger partial charge in [-0.25, -0.2) is 4.98 Å². The Morgan fingerprint density at radius 1 is 1.24 bits per heavy atom. The Morgan fingerprint density at radius 2 is 1.90 bits per heavy atom. The van der Waals surface area contributed by atoms with Gasteiger partial charge in [0.1, 0.15) is 0 Å². The third-order valence-electron chi connectivity index (χ3n) is 4.31. The van der Waals surface area contributed by atoms with Crippen LogP contribution in [0.25, 0.3) is 0 Å². The number of ether oxygens (including phenoxy) is 2. The standard InChI is InChI=1S/C14H18N2O4S/c1-19-13-11(7-15-14(16-13)20-2)12(17)8-5-9-3-4-10(6-8)21(9)18/h7-10H,3-6H2,1-2H3. The fraction of sp³-hybridized carbons (Fsp3) is 0.643. The van der Waals surface area contributed by atoms with Gasteiger partial charge in [0.05, 0.1) is 19.8 Å². The molecule has 3 rings (SSSR count). The van der Waals surface area contributed by atoms with E-state index in [0.29, 0.717) is 18.4 Å². The molecule has 6 nitrogen and oxygen atoms in total. The molecule has 114 valence electrons. The van der Waals surface area contributed by atoms with Crippen molar-refractivity contribution in [3.63, 3.8) is 0 Å². The third-order valence-corrected chi connectivity index (χ3v) is 6.48. The van der Waals surface area contributed by atoms with E-state index in [-0.39, 0.29) is 34.1 Å². The topological polar surface area (TPSA) is 78.4 Å². The fourth-order valence-corrected chi connectivity index (χ4v) is 5.37. The van der Waals surface area contributed by atoms with Crippen molar-refractivity contribution in [2.24, 2.45) is 5.92 Å². The van der Waals surface area contributed by atoms with E-state index < -0.39 is 10.8 Å². The Kier molecular flexibility index (Phi) is 3.93. The van der Waals surface area contributed by atoms with Gasteiger partial charge in [-0.15, -0.1) is 0 Å². The number of ketones is 1. The van der Waals surface area contributed by atoms with E-state index in [9.17, 15) is 9.00 Å². The molecule has 2 bridgehead atoms. The number of hydrogen-bond donors (Lipinski definition) is 0. The normalized spacial score (nSPS) is 31.0. The summed E-state index contributed by atoms with van der Waals surface area (Å²) < 4.78 is 22.2. The molecule has 2 saturated heterocycles. The lowest BCUT2D eigenvalue weighted by molar-refractivity contribution is 0.0901. The Labute approximate surface area is 125 Å². The van der Waals surface area contributed by atoms with Crippen molar-refractivity contribution >= 4 is 16.6 Å². The van der Waals surface area contributed by atoms with E-state index in [4.69, 9.17) is 9.47 Å². The largest absolute Gasteiger partial charge is 0.480 e. The number of Topliss-reactive ketones (excluding diaryl/α,β-unsaturated/α-hetero) is 1. The second kappa shape index (κ2) is 5.71. The first-order valence-corrected chi connectivity index (χ1v) is 8.30. The molecule has 2 aliphatic rings. The summed E-state index contributed by atoms with van der Waals surface area (Å²) >= 11 is 0. The number of rotatable bonds is 4. The van der Waals surface area contributed by atoms with Crippen molar-refractivity contribution in [2.75, 3.05) is 14.2 Å². The summed E-state index contributed by atoms with van der Waals surface area (Å²) in [5, 5.41) is 0.339. The average molecular weight is 310 g/mol. The molecule has 0 spiro atoms. The smallest absolute Gasteiger partial charge is 0.319 e. The van der Waals surface area contributed by atoms with Gasteiger partial charge in [0, 0.05) is 33.4 Å². The lowest BCUT2D eigenvalue weighted by Gasteiger charge is -2.26. The summed E-state index contributed by atoms with van der Waals surface area (Å²) in [6.07, 6.45) is 4.78. The van der Waals surface area contributed by atoms with Crippen molar-refractivity contribution in [1.29, 1.82) is 0 Å². The van der Waals surface area contributed by atoms with Crippen LogP contribution in [0.4, 0.5) is 0 Å². The highest BCUT2D eigenvalue weighted by Crippen LogP contribution is 2.40. The molecule has 3 heterocycles. The van der Waals surface area contributed by atoms with E-state index >= 15 is 0 Å². The van der Waals surface area contributed by atoms with Gasteiger partial charge in [-0.1, -0.05) is 0 Å². The number of carbonyl (C=O) groups excluding carboxylic acids is 1. The van der Waals surface area contributed by atoms with Crippen molar-refractivity contribution < 1.29 is 18.5 Å². The molecule has 0 aliphatic carbocycles. The lowest BCUT2D eigenvalue weighted by Crippen LogP contribution is -2.32. The van der Waals surface area contributed by atoms with Crippen LogP contribution in [0.5, 0.6) is 11.9 Å². The highest BCUT2D eigenvalue weighted by atomic mass is 32.2. The first-order valence-electron chi connectivity index (χ1n) is 7.02. The number of nitrogens with zero attached hydrogens (tertiary/aromatic N) is 2. The number of hydrogen-bond acceptors (Lipinski definition) is 6. The zero-order valence-corrected chi connectivity index (χ0v) is 12.9. The molecule has 7 heteroatoms. The predicted octanol–water partition coefficient (Wildman–Crippen LogP) is 1.37. The zero-order chi connectivity index (χ0) is 15.0. The molecule has 21 heavy (non-hydrogen) atoms. The molecule has 0 aromatic carbocycles. The van der Waals surface area contributed by atoms with Crippen LogP contribution in [-0.4, -0.2) is 44.7 Å². The summed E-state index contributed by atoms with van der Waals surface area (Å²) in [6.45, 7) is 0. The molecular weight excluding hydrogens is 292 g/mol. The molecule has 2 aliphatic heterocycles. The molecule has 1 aromatic heterocycles. The van der Waals surface area contributed by atoms with Gasteiger partial charge in [0.15, 0.2) is 5.78 Å². The van der Waals surface area contributed by atoms with E-state index in [0.717, 1.165) is 12.8 Å². The summed E-state index contributed by atoms with van der Waals surface area (Å²) in [4.78, 5) is 20.8. The minimum absolute atomic E-state index is 0.0110. The summed E-state index contributed by atoms with van der Waals surface area (Å²) in [5.74, 6) is 0.125. The predicted molar refractivity (Wildman–Crippen MR) is 77.1 cm³/mol. The molecule has 1 aromatic rings. The summed E-state index contributed by atoms with van der Waals surface area (Å²) in [7, 11) is 2.17. The van der Waals surface area contributed by atoms with E-state index in [1.54, 1.807) is 0 Å². The summed E-state index contributed by atoms with van der Waals surface area (Å²) in [5.41, 5.74) is 0.385. The van der Waals surface area contributed by atoms with Crippen molar-refractivity contribution in [2.45, 2.75) is 36.2 Å². The van der Waals surface area contributed by atoms with Gasteiger partial charge < -0.3 is 9.47 Å². The summed E-state index contributed by atoms with van der Waals surface area (Å²) in [6, 6.07) is 0.174.